The van der Waals surface area contributed by atoms with Gasteiger partial charge in [0.15, 0.2) is 5.13 Å². The van der Waals surface area contributed by atoms with E-state index in [4.69, 9.17) is 0 Å². The standard InChI is InChI=1S/C20H16N4O2S/c1-13-15-9-5-6-10-16(15)19(26)24(23-13)11-18(25)22-20-21-17(12-27-20)14-7-3-2-4-8-14/h2-10,12H,11H2,1H3,(H,21,22,25). The normalized spacial score (nSPS) is 10.9. The Bertz CT molecular complexity index is 1180. The summed E-state index contributed by atoms with van der Waals surface area (Å²) >= 11 is 1.34. The lowest BCUT2D eigenvalue weighted by Gasteiger charge is -2.08. The lowest BCUT2D eigenvalue weighted by molar-refractivity contribution is -0.117. The highest BCUT2D eigenvalue weighted by molar-refractivity contribution is 7.14. The molecule has 2 aromatic carbocycles. The second kappa shape index (κ2) is 7.13. The summed E-state index contributed by atoms with van der Waals surface area (Å²) in [7, 11) is 0. The number of hydrogen-bond acceptors (Lipinski definition) is 5. The highest BCUT2D eigenvalue weighted by Gasteiger charge is 2.12. The minimum atomic E-state index is -0.340. The van der Waals surface area contributed by atoms with Gasteiger partial charge in [0.05, 0.1) is 16.8 Å². The van der Waals surface area contributed by atoms with Crippen molar-refractivity contribution < 1.29 is 4.79 Å². The van der Waals surface area contributed by atoms with Crippen LogP contribution in [0, 0.1) is 6.92 Å². The third-order valence-corrected chi connectivity index (χ3v) is 4.92. The van der Waals surface area contributed by atoms with Gasteiger partial charge in [0.25, 0.3) is 5.56 Å². The predicted molar refractivity (Wildman–Crippen MR) is 107 cm³/mol. The van der Waals surface area contributed by atoms with Crippen LogP contribution in [0.25, 0.3) is 22.0 Å². The molecule has 0 aliphatic carbocycles. The maximum atomic E-state index is 12.6. The SMILES string of the molecule is Cc1nn(CC(=O)Nc2nc(-c3ccccc3)cs2)c(=O)c2ccccc12. The van der Waals surface area contributed by atoms with E-state index in [1.807, 2.05) is 54.8 Å². The highest BCUT2D eigenvalue weighted by atomic mass is 32.1. The lowest BCUT2D eigenvalue weighted by atomic mass is 10.1. The van der Waals surface area contributed by atoms with Crippen molar-refractivity contribution in [3.8, 4) is 11.3 Å². The predicted octanol–water partition coefficient (Wildman–Crippen LogP) is 3.47. The second-order valence-electron chi connectivity index (χ2n) is 6.05. The number of aromatic nitrogens is 3. The number of hydrogen-bond donors (Lipinski definition) is 1. The highest BCUT2D eigenvalue weighted by Crippen LogP contribution is 2.24. The van der Waals surface area contributed by atoms with Crippen LogP contribution in [0.5, 0.6) is 0 Å². The molecule has 1 amide bonds. The van der Waals surface area contributed by atoms with Crippen LogP contribution < -0.4 is 10.9 Å². The van der Waals surface area contributed by atoms with Gasteiger partial charge < -0.3 is 5.32 Å². The van der Waals surface area contributed by atoms with E-state index in [9.17, 15) is 9.59 Å². The molecule has 1 N–H and O–H groups in total. The zero-order valence-electron chi connectivity index (χ0n) is 14.5. The number of carbonyl (C=O) groups is 1. The van der Waals surface area contributed by atoms with Crippen LogP contribution in [0.4, 0.5) is 5.13 Å². The number of carbonyl (C=O) groups excluding carboxylic acids is 1. The van der Waals surface area contributed by atoms with E-state index >= 15 is 0 Å². The second-order valence-corrected chi connectivity index (χ2v) is 6.90. The van der Waals surface area contributed by atoms with Crippen LogP contribution in [-0.2, 0) is 11.3 Å². The summed E-state index contributed by atoms with van der Waals surface area (Å²) in [6, 6.07) is 17.0. The van der Waals surface area contributed by atoms with Crippen molar-refractivity contribution in [2.45, 2.75) is 13.5 Å². The Morgan fingerprint density at radius 3 is 2.56 bits per heavy atom. The number of rotatable bonds is 4. The summed E-state index contributed by atoms with van der Waals surface area (Å²) in [6.45, 7) is 1.66. The third-order valence-electron chi connectivity index (χ3n) is 4.17. The minimum Gasteiger partial charge on any atom is -0.300 e. The van der Waals surface area contributed by atoms with Crippen molar-refractivity contribution in [3.05, 3.63) is 76.0 Å². The summed E-state index contributed by atoms with van der Waals surface area (Å²) in [5.74, 6) is -0.340. The number of benzene rings is 2. The Hall–Kier alpha value is -3.32. The fourth-order valence-electron chi connectivity index (χ4n) is 2.88. The number of anilines is 1. The summed E-state index contributed by atoms with van der Waals surface area (Å²) in [5.41, 5.74) is 2.21. The Kier molecular flexibility index (Phi) is 4.52. The number of thiazole rings is 1. The molecular weight excluding hydrogens is 360 g/mol. The molecule has 134 valence electrons. The molecule has 6 nitrogen and oxygen atoms in total. The van der Waals surface area contributed by atoms with Crippen LogP contribution in [-0.4, -0.2) is 20.7 Å². The summed E-state index contributed by atoms with van der Waals surface area (Å²) < 4.78 is 1.19. The molecule has 2 heterocycles. The van der Waals surface area contributed by atoms with Gasteiger partial charge in [-0.2, -0.15) is 5.10 Å². The van der Waals surface area contributed by atoms with Crippen LogP contribution in [0.1, 0.15) is 5.69 Å². The Balaban J connectivity index is 1.54. The smallest absolute Gasteiger partial charge is 0.275 e. The van der Waals surface area contributed by atoms with Crippen LogP contribution in [0.3, 0.4) is 0 Å². The first-order valence-corrected chi connectivity index (χ1v) is 9.27. The van der Waals surface area contributed by atoms with Gasteiger partial charge in [0.2, 0.25) is 5.91 Å². The van der Waals surface area contributed by atoms with Crippen molar-refractivity contribution in [1.29, 1.82) is 0 Å². The van der Waals surface area contributed by atoms with Gasteiger partial charge in [-0.1, -0.05) is 48.5 Å². The topological polar surface area (TPSA) is 76.9 Å². The molecule has 0 unspecified atom stereocenters. The fraction of sp³-hybridized carbons (Fsp3) is 0.100. The molecule has 4 aromatic rings. The van der Waals surface area contributed by atoms with Gasteiger partial charge in [-0.05, 0) is 13.0 Å². The molecule has 0 spiro atoms. The Morgan fingerprint density at radius 1 is 1.07 bits per heavy atom. The number of aryl methyl sites for hydroxylation is 1. The van der Waals surface area contributed by atoms with E-state index in [0.717, 1.165) is 16.6 Å². The largest absolute Gasteiger partial charge is 0.300 e. The molecular formula is C20H16N4O2S. The maximum Gasteiger partial charge on any atom is 0.275 e. The van der Waals surface area contributed by atoms with Crippen molar-refractivity contribution in [2.75, 3.05) is 5.32 Å². The van der Waals surface area contributed by atoms with Gasteiger partial charge in [0.1, 0.15) is 6.54 Å². The average Bonchev–Trinajstić information content (AvgIpc) is 3.15. The van der Waals surface area contributed by atoms with Crippen molar-refractivity contribution in [2.24, 2.45) is 0 Å². The molecule has 0 atom stereocenters. The van der Waals surface area contributed by atoms with E-state index in [-0.39, 0.29) is 18.0 Å². The van der Waals surface area contributed by atoms with Gasteiger partial charge in [-0.15, -0.1) is 11.3 Å². The van der Waals surface area contributed by atoms with Crippen molar-refractivity contribution in [1.82, 2.24) is 14.8 Å². The first-order valence-electron chi connectivity index (χ1n) is 8.39. The number of amides is 1. The van der Waals surface area contributed by atoms with Crippen LogP contribution >= 0.6 is 11.3 Å². The van der Waals surface area contributed by atoms with Gasteiger partial charge in [-0.25, -0.2) is 9.67 Å². The van der Waals surface area contributed by atoms with Crippen LogP contribution in [0.15, 0.2) is 64.8 Å². The zero-order valence-corrected chi connectivity index (χ0v) is 15.4. The Morgan fingerprint density at radius 2 is 1.78 bits per heavy atom. The van der Waals surface area contributed by atoms with E-state index in [2.05, 4.69) is 15.4 Å². The molecule has 0 aliphatic heterocycles. The molecule has 0 saturated heterocycles. The molecule has 0 radical (unpaired) electrons. The Labute approximate surface area is 159 Å². The summed E-state index contributed by atoms with van der Waals surface area (Å²) in [5, 5.41) is 10.7. The molecule has 2 aromatic heterocycles. The molecule has 0 saturated carbocycles. The van der Waals surface area contributed by atoms with E-state index in [0.29, 0.717) is 16.2 Å². The van der Waals surface area contributed by atoms with Gasteiger partial charge in [-0.3, -0.25) is 9.59 Å². The number of nitrogens with zero attached hydrogens (tertiary/aromatic N) is 3. The van der Waals surface area contributed by atoms with Crippen molar-refractivity contribution in [3.63, 3.8) is 0 Å². The molecule has 7 heteroatoms. The first kappa shape index (κ1) is 17.1. The quantitative estimate of drug-likeness (QED) is 0.592. The summed E-state index contributed by atoms with van der Waals surface area (Å²) in [6.07, 6.45) is 0. The van der Waals surface area contributed by atoms with Crippen LogP contribution in [0.2, 0.25) is 0 Å². The number of fused-ring (bicyclic) bond motifs is 1. The van der Waals surface area contributed by atoms with E-state index in [1.165, 1.54) is 16.0 Å². The molecule has 0 fully saturated rings. The maximum absolute atomic E-state index is 12.6. The number of nitrogens with one attached hydrogen (secondary N) is 1. The minimum absolute atomic E-state index is 0.162. The fourth-order valence-corrected chi connectivity index (χ4v) is 3.61. The summed E-state index contributed by atoms with van der Waals surface area (Å²) in [4.78, 5) is 29.4. The molecule has 0 bridgehead atoms. The van der Waals surface area contributed by atoms with E-state index < -0.39 is 0 Å². The molecule has 4 rings (SSSR count). The first-order chi connectivity index (χ1) is 13.1. The monoisotopic (exact) mass is 376 g/mol. The van der Waals surface area contributed by atoms with E-state index in [1.54, 1.807) is 12.1 Å². The lowest BCUT2D eigenvalue weighted by Crippen LogP contribution is -2.30. The zero-order chi connectivity index (χ0) is 18.8. The van der Waals surface area contributed by atoms with Crippen molar-refractivity contribution >= 4 is 33.1 Å². The average molecular weight is 376 g/mol. The molecule has 27 heavy (non-hydrogen) atoms. The third kappa shape index (κ3) is 3.50. The van der Waals surface area contributed by atoms with Gasteiger partial charge in [0, 0.05) is 16.3 Å². The molecule has 0 aliphatic rings. The van der Waals surface area contributed by atoms with Gasteiger partial charge >= 0.3 is 0 Å².